The molecule has 1 saturated heterocycles. The van der Waals surface area contributed by atoms with E-state index < -0.39 is 5.60 Å². The van der Waals surface area contributed by atoms with Crippen LogP contribution in [0.5, 0.6) is 5.75 Å². The highest BCUT2D eigenvalue weighted by Crippen LogP contribution is 2.35. The van der Waals surface area contributed by atoms with Crippen LogP contribution in [0.1, 0.15) is 13.8 Å². The molecule has 0 saturated carbocycles. The summed E-state index contributed by atoms with van der Waals surface area (Å²) in [5.74, 6) is 1.26. The van der Waals surface area contributed by atoms with E-state index in [1.54, 1.807) is 16.9 Å². The van der Waals surface area contributed by atoms with Crippen LogP contribution in [0.3, 0.4) is 0 Å². The average molecular weight is 445 g/mol. The summed E-state index contributed by atoms with van der Waals surface area (Å²) in [5, 5.41) is 33.4. The van der Waals surface area contributed by atoms with E-state index >= 15 is 0 Å². The van der Waals surface area contributed by atoms with Crippen LogP contribution in [0.25, 0.3) is 33.4 Å². The summed E-state index contributed by atoms with van der Waals surface area (Å²) in [5.41, 5.74) is 2.37. The number of hydrogen-bond acceptors (Lipinski definition) is 7. The first kappa shape index (κ1) is 21.4. The highest BCUT2D eigenvalue weighted by molar-refractivity contribution is 5.91. The van der Waals surface area contributed by atoms with E-state index in [0.717, 1.165) is 35.1 Å². The second-order valence-electron chi connectivity index (χ2n) is 9.22. The van der Waals surface area contributed by atoms with Gasteiger partial charge >= 0.3 is 0 Å². The Balaban J connectivity index is 1.59. The molecule has 1 aliphatic heterocycles. The number of aliphatic hydroxyl groups is 1. The number of nitrogens with zero attached hydrogens (tertiary/aromatic N) is 4. The zero-order chi connectivity index (χ0) is 23.2. The van der Waals surface area contributed by atoms with Gasteiger partial charge in [-0.3, -0.25) is 4.68 Å². The van der Waals surface area contributed by atoms with Crippen LogP contribution >= 0.6 is 0 Å². The first-order chi connectivity index (χ1) is 15.8. The van der Waals surface area contributed by atoms with Crippen LogP contribution in [-0.4, -0.2) is 54.7 Å². The fourth-order valence-electron chi connectivity index (χ4n) is 4.52. The van der Waals surface area contributed by atoms with Gasteiger partial charge in [-0.15, -0.1) is 0 Å². The minimum Gasteiger partial charge on any atom is -0.507 e. The molecule has 1 aliphatic rings. The molecule has 0 unspecified atom stereocenters. The summed E-state index contributed by atoms with van der Waals surface area (Å²) >= 11 is 0. The summed E-state index contributed by atoms with van der Waals surface area (Å²) in [6.07, 6.45) is 3.71. The van der Waals surface area contributed by atoms with Gasteiger partial charge < -0.3 is 20.8 Å². The highest BCUT2D eigenvalue weighted by atomic mass is 16.3. The Hall–Kier alpha value is -3.49. The summed E-state index contributed by atoms with van der Waals surface area (Å²) in [6.45, 7) is 5.13. The number of aryl methyl sites for hydroxylation is 1. The third-order valence-electron chi connectivity index (χ3n) is 6.32. The third kappa shape index (κ3) is 4.15. The van der Waals surface area contributed by atoms with E-state index in [-0.39, 0.29) is 17.7 Å². The van der Waals surface area contributed by atoms with Crippen LogP contribution in [0, 0.1) is 5.92 Å². The van der Waals surface area contributed by atoms with Crippen molar-refractivity contribution in [2.24, 2.45) is 13.0 Å². The van der Waals surface area contributed by atoms with Crippen LogP contribution in [-0.2, 0) is 7.05 Å². The average Bonchev–Trinajstić information content (AvgIpc) is 3.43. The third-order valence-corrected chi connectivity index (χ3v) is 6.32. The van der Waals surface area contributed by atoms with Crippen molar-refractivity contribution >= 4 is 16.7 Å². The van der Waals surface area contributed by atoms with Crippen molar-refractivity contribution in [1.29, 1.82) is 0 Å². The van der Waals surface area contributed by atoms with Crippen molar-refractivity contribution in [2.45, 2.75) is 25.5 Å². The Labute approximate surface area is 192 Å². The van der Waals surface area contributed by atoms with Crippen molar-refractivity contribution in [1.82, 2.24) is 25.1 Å². The number of nitrogens with one attached hydrogen (secondary N) is 2. The Morgan fingerprint density at radius 2 is 1.91 bits per heavy atom. The van der Waals surface area contributed by atoms with E-state index in [2.05, 4.69) is 15.7 Å². The Bertz CT molecular complexity index is 1310. The number of benzene rings is 2. The molecule has 0 aliphatic carbocycles. The Kier molecular flexibility index (Phi) is 5.26. The van der Waals surface area contributed by atoms with E-state index in [9.17, 15) is 10.2 Å². The van der Waals surface area contributed by atoms with Crippen LogP contribution in [0.2, 0.25) is 0 Å². The number of phenols is 1. The molecular formula is C25H28N6O2. The second kappa shape index (κ2) is 8.13. The van der Waals surface area contributed by atoms with Gasteiger partial charge in [0.15, 0.2) is 5.82 Å². The molecule has 2 aromatic heterocycles. The maximum atomic E-state index is 10.7. The molecule has 2 aromatic carbocycles. The van der Waals surface area contributed by atoms with Gasteiger partial charge in [-0.2, -0.15) is 5.10 Å². The zero-order valence-electron chi connectivity index (χ0n) is 18.9. The fraction of sp³-hybridized carbons (Fsp3) is 0.320. The van der Waals surface area contributed by atoms with Crippen molar-refractivity contribution < 1.29 is 10.2 Å². The number of aromatic nitrogens is 4. The molecule has 1 fully saturated rings. The molecule has 0 amide bonds. The summed E-state index contributed by atoms with van der Waals surface area (Å²) in [7, 11) is 1.87. The lowest BCUT2D eigenvalue weighted by Crippen LogP contribution is -2.42. The molecule has 5 rings (SSSR count). The Morgan fingerprint density at radius 3 is 2.67 bits per heavy atom. The lowest BCUT2D eigenvalue weighted by Gasteiger charge is -2.31. The molecule has 4 aromatic rings. The maximum absolute atomic E-state index is 10.7. The Morgan fingerprint density at radius 1 is 1.09 bits per heavy atom. The predicted molar refractivity (Wildman–Crippen MR) is 129 cm³/mol. The maximum Gasteiger partial charge on any atom is 0.165 e. The molecule has 0 radical (unpaired) electrons. The number of hydrogen-bond donors (Lipinski definition) is 4. The first-order valence-corrected chi connectivity index (χ1v) is 11.1. The highest BCUT2D eigenvalue weighted by Gasteiger charge is 2.38. The van der Waals surface area contributed by atoms with Crippen LogP contribution in [0.4, 0.5) is 5.82 Å². The topological polar surface area (TPSA) is 108 Å². The molecule has 2 atom stereocenters. The fourth-order valence-corrected chi connectivity index (χ4v) is 4.52. The number of anilines is 1. The minimum absolute atomic E-state index is 0.00600. The summed E-state index contributed by atoms with van der Waals surface area (Å²) in [6, 6.07) is 13.2. The van der Waals surface area contributed by atoms with Crippen LogP contribution < -0.4 is 10.6 Å². The van der Waals surface area contributed by atoms with Gasteiger partial charge in [0.1, 0.15) is 11.6 Å². The van der Waals surface area contributed by atoms with E-state index in [0.29, 0.717) is 17.2 Å². The number of para-hydroxylation sites is 1. The van der Waals surface area contributed by atoms with Gasteiger partial charge in [0.25, 0.3) is 0 Å². The number of aromatic hydroxyl groups is 1. The molecular weight excluding hydrogens is 416 g/mol. The molecule has 8 nitrogen and oxygen atoms in total. The lowest BCUT2D eigenvalue weighted by atomic mass is 9.87. The van der Waals surface area contributed by atoms with E-state index in [1.165, 1.54) is 0 Å². The van der Waals surface area contributed by atoms with E-state index in [1.807, 2.05) is 63.5 Å². The number of phenolic OH excluding ortho intramolecular Hbond substituents is 1. The van der Waals surface area contributed by atoms with Gasteiger partial charge in [-0.05, 0) is 43.7 Å². The predicted octanol–water partition coefficient (Wildman–Crippen LogP) is 3.17. The van der Waals surface area contributed by atoms with Crippen molar-refractivity contribution in [3.8, 4) is 28.3 Å². The molecule has 0 spiro atoms. The quantitative estimate of drug-likeness (QED) is 0.374. The van der Waals surface area contributed by atoms with Gasteiger partial charge in [-0.1, -0.05) is 18.2 Å². The van der Waals surface area contributed by atoms with Crippen molar-refractivity contribution in [3.63, 3.8) is 0 Å². The normalized spacial score (nSPS) is 18.7. The van der Waals surface area contributed by atoms with Gasteiger partial charge in [0, 0.05) is 49.2 Å². The SMILES string of the molecule is Cn1cc(-c2ccc(O)c(-c3nc(N[C@@H]4CNC[C@H]4C(C)(C)O)c4ccccc4n3)c2)cn1. The van der Waals surface area contributed by atoms with Gasteiger partial charge in [0.2, 0.25) is 0 Å². The molecule has 0 bridgehead atoms. The van der Waals surface area contributed by atoms with Gasteiger partial charge in [0.05, 0.1) is 22.9 Å². The van der Waals surface area contributed by atoms with Gasteiger partial charge in [-0.25, -0.2) is 9.97 Å². The number of rotatable bonds is 5. The summed E-state index contributed by atoms with van der Waals surface area (Å²) < 4.78 is 1.74. The van der Waals surface area contributed by atoms with Crippen molar-refractivity contribution in [3.05, 3.63) is 54.9 Å². The second-order valence-corrected chi connectivity index (χ2v) is 9.22. The largest absolute Gasteiger partial charge is 0.507 e. The molecule has 4 N–H and O–H groups in total. The lowest BCUT2D eigenvalue weighted by molar-refractivity contribution is 0.0219. The van der Waals surface area contributed by atoms with Crippen molar-refractivity contribution in [2.75, 3.05) is 18.4 Å². The standard InChI is InChI=1S/C25H28N6O2/c1-25(2,33)19-12-26-13-21(19)29-23-17-6-4-5-7-20(17)28-24(30-23)18-10-15(8-9-22(18)32)16-11-27-31(3)14-16/h4-11,14,19,21,26,32-33H,12-13H2,1-3H3,(H,28,29,30)/t19-,21-/m1/s1. The first-order valence-electron chi connectivity index (χ1n) is 11.1. The van der Waals surface area contributed by atoms with Crippen LogP contribution in [0.15, 0.2) is 54.9 Å². The molecule has 8 heteroatoms. The molecule has 3 heterocycles. The smallest absolute Gasteiger partial charge is 0.165 e. The van der Waals surface area contributed by atoms with E-state index in [4.69, 9.17) is 9.97 Å². The molecule has 170 valence electrons. The molecule has 33 heavy (non-hydrogen) atoms. The summed E-state index contributed by atoms with van der Waals surface area (Å²) in [4.78, 5) is 9.59. The minimum atomic E-state index is -0.830. The monoisotopic (exact) mass is 444 g/mol. The number of fused-ring (bicyclic) bond motifs is 1. The zero-order valence-corrected chi connectivity index (χ0v) is 18.9.